The highest BCUT2D eigenvalue weighted by molar-refractivity contribution is 5.69. The monoisotopic (exact) mass is 258 g/mol. The van der Waals surface area contributed by atoms with Crippen molar-refractivity contribution in [1.82, 2.24) is 9.80 Å². The van der Waals surface area contributed by atoms with E-state index in [9.17, 15) is 9.59 Å². The number of piperazine rings is 1. The summed E-state index contributed by atoms with van der Waals surface area (Å²) in [7, 11) is 0. The van der Waals surface area contributed by atoms with E-state index in [1.54, 1.807) is 18.7 Å². The van der Waals surface area contributed by atoms with E-state index < -0.39 is 0 Å². The highest BCUT2D eigenvalue weighted by atomic mass is 16.6. The lowest BCUT2D eigenvalue weighted by molar-refractivity contribution is -0.143. The maximum Gasteiger partial charge on any atom is 0.409 e. The molecule has 1 aliphatic rings. The van der Waals surface area contributed by atoms with E-state index in [0.29, 0.717) is 39.3 Å². The summed E-state index contributed by atoms with van der Waals surface area (Å²) in [6, 6.07) is 0. The molecule has 1 aliphatic heterocycles. The van der Waals surface area contributed by atoms with Gasteiger partial charge in [-0.15, -0.1) is 0 Å². The number of carbonyl (C=O) groups is 2. The van der Waals surface area contributed by atoms with Crippen molar-refractivity contribution in [3.63, 3.8) is 0 Å². The highest BCUT2D eigenvalue weighted by Gasteiger charge is 2.21. The molecule has 6 heteroatoms. The van der Waals surface area contributed by atoms with Crippen LogP contribution < -0.4 is 0 Å². The van der Waals surface area contributed by atoms with Crippen LogP contribution in [-0.2, 0) is 14.3 Å². The van der Waals surface area contributed by atoms with Crippen LogP contribution in [0.5, 0.6) is 0 Å². The van der Waals surface area contributed by atoms with Crippen molar-refractivity contribution < 1.29 is 19.1 Å². The third kappa shape index (κ3) is 4.91. The van der Waals surface area contributed by atoms with E-state index in [0.717, 1.165) is 13.1 Å². The smallest absolute Gasteiger partial charge is 0.409 e. The Kier molecular flexibility index (Phi) is 6.49. The molecule has 0 atom stereocenters. The zero-order valence-electron chi connectivity index (χ0n) is 11.2. The molecule has 1 heterocycles. The number of nitrogens with zero attached hydrogens (tertiary/aromatic N) is 2. The second-order valence-electron chi connectivity index (χ2n) is 4.08. The molecule has 1 saturated heterocycles. The van der Waals surface area contributed by atoms with E-state index >= 15 is 0 Å². The van der Waals surface area contributed by atoms with E-state index in [-0.39, 0.29) is 12.1 Å². The van der Waals surface area contributed by atoms with Crippen LogP contribution in [0, 0.1) is 0 Å². The molecule has 0 aromatic carbocycles. The normalized spacial score (nSPS) is 16.4. The third-order valence-electron chi connectivity index (χ3n) is 2.84. The van der Waals surface area contributed by atoms with Gasteiger partial charge in [0.15, 0.2) is 0 Å². The fourth-order valence-corrected chi connectivity index (χ4v) is 1.85. The van der Waals surface area contributed by atoms with Crippen LogP contribution in [0.3, 0.4) is 0 Å². The molecule has 0 radical (unpaired) electrons. The summed E-state index contributed by atoms with van der Waals surface area (Å²) in [5.74, 6) is -0.162. The van der Waals surface area contributed by atoms with E-state index in [2.05, 4.69) is 4.90 Å². The van der Waals surface area contributed by atoms with Gasteiger partial charge in [0.05, 0.1) is 19.6 Å². The second kappa shape index (κ2) is 7.92. The van der Waals surface area contributed by atoms with E-state index in [4.69, 9.17) is 9.47 Å². The molecule has 18 heavy (non-hydrogen) atoms. The minimum Gasteiger partial charge on any atom is -0.466 e. The second-order valence-corrected chi connectivity index (χ2v) is 4.08. The lowest BCUT2D eigenvalue weighted by Gasteiger charge is -2.33. The Hall–Kier alpha value is -1.30. The van der Waals surface area contributed by atoms with Crippen LogP contribution in [0.15, 0.2) is 0 Å². The van der Waals surface area contributed by atoms with Gasteiger partial charge in [-0.3, -0.25) is 9.69 Å². The first-order valence-electron chi connectivity index (χ1n) is 6.47. The molecule has 0 spiro atoms. The summed E-state index contributed by atoms with van der Waals surface area (Å²) in [5, 5.41) is 0. The van der Waals surface area contributed by atoms with E-state index in [1.165, 1.54) is 0 Å². The molecule has 6 nitrogen and oxygen atoms in total. The number of esters is 1. The van der Waals surface area contributed by atoms with Gasteiger partial charge in [0.2, 0.25) is 0 Å². The van der Waals surface area contributed by atoms with Gasteiger partial charge in [0.25, 0.3) is 0 Å². The summed E-state index contributed by atoms with van der Waals surface area (Å²) in [6.07, 6.45) is 0.162. The van der Waals surface area contributed by atoms with Gasteiger partial charge in [-0.2, -0.15) is 0 Å². The Balaban J connectivity index is 2.19. The minimum absolute atomic E-state index is 0.162. The molecule has 104 valence electrons. The SMILES string of the molecule is CCOC(=O)CCN1CCN(C(=O)OCC)CC1. The van der Waals surface area contributed by atoms with Crippen LogP contribution in [0.2, 0.25) is 0 Å². The maximum atomic E-state index is 11.5. The Morgan fingerprint density at radius 2 is 1.61 bits per heavy atom. The minimum atomic E-state index is -0.248. The lowest BCUT2D eigenvalue weighted by Crippen LogP contribution is -2.49. The number of carbonyl (C=O) groups excluding carboxylic acids is 2. The molecular weight excluding hydrogens is 236 g/mol. The van der Waals surface area contributed by atoms with E-state index in [1.807, 2.05) is 0 Å². The van der Waals surface area contributed by atoms with Gasteiger partial charge in [0, 0.05) is 32.7 Å². The van der Waals surface area contributed by atoms with Crippen LogP contribution in [0.25, 0.3) is 0 Å². The van der Waals surface area contributed by atoms with Crippen molar-refractivity contribution in [3.8, 4) is 0 Å². The van der Waals surface area contributed by atoms with Crippen molar-refractivity contribution in [2.75, 3.05) is 45.9 Å². The summed E-state index contributed by atoms with van der Waals surface area (Å²) in [4.78, 5) is 26.5. The Morgan fingerprint density at radius 3 is 2.17 bits per heavy atom. The summed E-state index contributed by atoms with van der Waals surface area (Å²) < 4.78 is 9.82. The zero-order chi connectivity index (χ0) is 13.4. The number of hydrogen-bond donors (Lipinski definition) is 0. The zero-order valence-corrected chi connectivity index (χ0v) is 11.2. The molecule has 0 aromatic rings. The average Bonchev–Trinajstić information content (AvgIpc) is 2.37. The third-order valence-corrected chi connectivity index (χ3v) is 2.84. The van der Waals surface area contributed by atoms with Crippen molar-refractivity contribution in [3.05, 3.63) is 0 Å². The standard InChI is InChI=1S/C12H22N2O4/c1-3-17-11(15)5-6-13-7-9-14(10-8-13)12(16)18-4-2/h3-10H2,1-2H3. The lowest BCUT2D eigenvalue weighted by atomic mass is 10.3. The number of amides is 1. The molecular formula is C12H22N2O4. The summed E-state index contributed by atoms with van der Waals surface area (Å²) >= 11 is 0. The quantitative estimate of drug-likeness (QED) is 0.680. The molecule has 0 aromatic heterocycles. The molecule has 1 amide bonds. The molecule has 1 fully saturated rings. The topological polar surface area (TPSA) is 59.1 Å². The Labute approximate surface area is 108 Å². The molecule has 1 rings (SSSR count). The average molecular weight is 258 g/mol. The predicted octanol–water partition coefficient (Wildman–Crippen LogP) is 0.714. The Bertz CT molecular complexity index is 275. The van der Waals surface area contributed by atoms with Crippen LogP contribution in [0.4, 0.5) is 4.79 Å². The van der Waals surface area contributed by atoms with Crippen molar-refractivity contribution >= 4 is 12.1 Å². The van der Waals surface area contributed by atoms with Gasteiger partial charge < -0.3 is 14.4 Å². The van der Waals surface area contributed by atoms with Gasteiger partial charge >= 0.3 is 12.1 Å². The fourth-order valence-electron chi connectivity index (χ4n) is 1.85. The summed E-state index contributed by atoms with van der Waals surface area (Å²) in [6.45, 7) is 7.98. The van der Waals surface area contributed by atoms with Gasteiger partial charge in [0.1, 0.15) is 0 Å². The number of ether oxygens (including phenoxy) is 2. The van der Waals surface area contributed by atoms with Crippen LogP contribution in [-0.4, -0.2) is 67.8 Å². The largest absolute Gasteiger partial charge is 0.466 e. The molecule has 0 aliphatic carbocycles. The van der Waals surface area contributed by atoms with Crippen LogP contribution >= 0.6 is 0 Å². The first-order chi connectivity index (χ1) is 8.67. The maximum absolute atomic E-state index is 11.5. The first-order valence-corrected chi connectivity index (χ1v) is 6.47. The van der Waals surface area contributed by atoms with Gasteiger partial charge in [-0.05, 0) is 13.8 Å². The number of rotatable bonds is 5. The molecule has 0 unspecified atom stereocenters. The summed E-state index contributed by atoms with van der Waals surface area (Å²) in [5.41, 5.74) is 0. The number of hydrogen-bond acceptors (Lipinski definition) is 5. The Morgan fingerprint density at radius 1 is 1.00 bits per heavy atom. The van der Waals surface area contributed by atoms with Crippen molar-refractivity contribution in [1.29, 1.82) is 0 Å². The highest BCUT2D eigenvalue weighted by Crippen LogP contribution is 2.04. The van der Waals surface area contributed by atoms with Gasteiger partial charge in [-0.25, -0.2) is 4.79 Å². The van der Waals surface area contributed by atoms with Gasteiger partial charge in [-0.1, -0.05) is 0 Å². The fraction of sp³-hybridized carbons (Fsp3) is 0.833. The molecule has 0 N–H and O–H groups in total. The molecule has 0 bridgehead atoms. The van der Waals surface area contributed by atoms with Crippen LogP contribution in [0.1, 0.15) is 20.3 Å². The molecule has 0 saturated carbocycles. The first kappa shape index (κ1) is 14.8. The van der Waals surface area contributed by atoms with Crippen molar-refractivity contribution in [2.24, 2.45) is 0 Å². The van der Waals surface area contributed by atoms with Crippen molar-refractivity contribution in [2.45, 2.75) is 20.3 Å². The predicted molar refractivity (Wildman–Crippen MR) is 66.3 cm³/mol.